The molecule has 0 aliphatic heterocycles. The number of rotatable bonds is 7. The molecule has 0 saturated carbocycles. The van der Waals surface area contributed by atoms with Gasteiger partial charge in [0.25, 0.3) is 0 Å². The fraction of sp³-hybridized carbons (Fsp3) is 0.208. The number of aliphatic hydroxyl groups is 1. The molecule has 0 saturated heterocycles. The molecule has 0 radical (unpaired) electrons. The number of nitrogens with zero attached hydrogens (tertiary/aromatic N) is 2. The molecular weight excluding hydrogens is 424 g/mol. The number of aliphatic hydroxyl groups excluding tert-OH is 1. The van der Waals surface area contributed by atoms with Crippen LogP contribution in [-0.4, -0.2) is 16.7 Å². The van der Waals surface area contributed by atoms with Gasteiger partial charge in [-0.1, -0.05) is 47.9 Å². The number of alkyl halides is 2. The van der Waals surface area contributed by atoms with Gasteiger partial charge < -0.3 is 5.11 Å². The van der Waals surface area contributed by atoms with Gasteiger partial charge in [-0.3, -0.25) is 4.99 Å². The van der Waals surface area contributed by atoms with Gasteiger partial charge in [-0.2, -0.15) is 8.78 Å². The van der Waals surface area contributed by atoms with E-state index in [4.69, 9.17) is 5.11 Å². The first kappa shape index (κ1) is 24.7. The zero-order chi connectivity index (χ0) is 23.9. The largest absolute Gasteiger partial charge is 0.392 e. The molecule has 0 bridgehead atoms. The highest BCUT2D eigenvalue weighted by molar-refractivity contribution is 5.91. The molecular formula is C24H20F4N2O2. The summed E-state index contributed by atoms with van der Waals surface area (Å²) in [6, 6.07) is 8.66. The third-order valence-electron chi connectivity index (χ3n) is 4.81. The van der Waals surface area contributed by atoms with E-state index in [0.29, 0.717) is 17.2 Å². The fourth-order valence-corrected chi connectivity index (χ4v) is 2.73. The zero-order valence-electron chi connectivity index (χ0n) is 17.4. The lowest BCUT2D eigenvalue weighted by Gasteiger charge is -2.31. The predicted molar refractivity (Wildman–Crippen MR) is 115 cm³/mol. The Morgan fingerprint density at radius 2 is 1.84 bits per heavy atom. The average Bonchev–Trinajstić information content (AvgIpc) is 2.78. The SMILES string of the molecule is C=C/C(C#Cc1ccc(CO)cc1)=C\N=C(/C)C(F)(F)C(C)(N=O)c1ccc(F)cc1F. The molecule has 0 fully saturated rings. The Hall–Kier alpha value is -3.57. The number of aliphatic imine (C=N–C) groups is 1. The second kappa shape index (κ2) is 10.2. The lowest BCUT2D eigenvalue weighted by atomic mass is 9.83. The second-order valence-electron chi connectivity index (χ2n) is 6.97. The molecule has 2 aromatic rings. The summed E-state index contributed by atoms with van der Waals surface area (Å²) in [4.78, 5) is 15.1. The molecule has 2 aromatic carbocycles. The molecule has 1 unspecified atom stereocenters. The Balaban J connectivity index is 2.38. The van der Waals surface area contributed by atoms with E-state index >= 15 is 8.78 Å². The second-order valence-corrected chi connectivity index (χ2v) is 6.97. The summed E-state index contributed by atoms with van der Waals surface area (Å²) in [6.45, 7) is 5.17. The van der Waals surface area contributed by atoms with Crippen LogP contribution in [0.25, 0.3) is 0 Å². The number of hydrogen-bond donors (Lipinski definition) is 1. The first-order chi connectivity index (χ1) is 15.1. The van der Waals surface area contributed by atoms with E-state index in [1.165, 1.54) is 6.08 Å². The summed E-state index contributed by atoms with van der Waals surface area (Å²) in [5.74, 6) is -0.762. The van der Waals surface area contributed by atoms with Gasteiger partial charge in [0.2, 0.25) is 0 Å². The topological polar surface area (TPSA) is 62.0 Å². The number of nitroso groups, excluding NO2 is 1. The summed E-state index contributed by atoms with van der Waals surface area (Å²) in [7, 11) is 0. The first-order valence-electron chi connectivity index (χ1n) is 9.36. The van der Waals surface area contributed by atoms with Gasteiger partial charge in [-0.15, -0.1) is 4.91 Å². The van der Waals surface area contributed by atoms with Gasteiger partial charge in [-0.05, 0) is 37.6 Å². The Kier molecular flexibility index (Phi) is 7.84. The summed E-state index contributed by atoms with van der Waals surface area (Å²) in [5.41, 5.74) is -2.91. The summed E-state index contributed by atoms with van der Waals surface area (Å²) in [5, 5.41) is 11.5. The van der Waals surface area contributed by atoms with Crippen LogP contribution in [0.1, 0.15) is 30.5 Å². The van der Waals surface area contributed by atoms with E-state index in [2.05, 4.69) is 28.6 Å². The predicted octanol–water partition coefficient (Wildman–Crippen LogP) is 5.66. The van der Waals surface area contributed by atoms with E-state index in [0.717, 1.165) is 32.2 Å². The Morgan fingerprint density at radius 3 is 2.38 bits per heavy atom. The smallest absolute Gasteiger partial charge is 0.317 e. The molecule has 0 amide bonds. The molecule has 0 aromatic heterocycles. The van der Waals surface area contributed by atoms with Crippen LogP contribution in [0.3, 0.4) is 0 Å². The maximum Gasteiger partial charge on any atom is 0.317 e. The Bertz CT molecular complexity index is 1130. The zero-order valence-corrected chi connectivity index (χ0v) is 17.4. The summed E-state index contributed by atoms with van der Waals surface area (Å²) < 4.78 is 57.5. The monoisotopic (exact) mass is 444 g/mol. The molecule has 0 aliphatic carbocycles. The Morgan fingerprint density at radius 1 is 1.19 bits per heavy atom. The molecule has 4 nitrogen and oxygen atoms in total. The number of allylic oxidation sites excluding steroid dienone is 2. The number of benzene rings is 2. The van der Waals surface area contributed by atoms with Gasteiger partial charge in [0, 0.05) is 29.0 Å². The van der Waals surface area contributed by atoms with Crippen LogP contribution in [0, 0.1) is 28.4 Å². The van der Waals surface area contributed by atoms with Crippen molar-refractivity contribution in [2.24, 2.45) is 10.2 Å². The number of hydrogen-bond acceptors (Lipinski definition) is 4. The van der Waals surface area contributed by atoms with Gasteiger partial charge in [0.1, 0.15) is 11.6 Å². The molecule has 166 valence electrons. The lowest BCUT2D eigenvalue weighted by Crippen LogP contribution is -2.47. The van der Waals surface area contributed by atoms with Crippen molar-refractivity contribution in [2.45, 2.75) is 31.9 Å². The first-order valence-corrected chi connectivity index (χ1v) is 9.36. The molecule has 1 N–H and O–H groups in total. The van der Waals surface area contributed by atoms with E-state index in [1.54, 1.807) is 24.3 Å². The normalized spacial score (nSPS) is 14.2. The van der Waals surface area contributed by atoms with Crippen LogP contribution in [0.15, 0.2) is 77.1 Å². The van der Waals surface area contributed by atoms with E-state index < -0.39 is 34.4 Å². The third-order valence-corrected chi connectivity index (χ3v) is 4.81. The third kappa shape index (κ3) is 5.18. The maximum atomic E-state index is 15.1. The van der Waals surface area contributed by atoms with Crippen molar-refractivity contribution in [3.05, 3.63) is 100 Å². The minimum atomic E-state index is -4.00. The highest BCUT2D eigenvalue weighted by atomic mass is 19.3. The minimum absolute atomic E-state index is 0.107. The van der Waals surface area contributed by atoms with E-state index in [-0.39, 0.29) is 12.2 Å². The van der Waals surface area contributed by atoms with Crippen LogP contribution in [-0.2, 0) is 12.1 Å². The molecule has 8 heteroatoms. The summed E-state index contributed by atoms with van der Waals surface area (Å²) >= 11 is 0. The van der Waals surface area contributed by atoms with Gasteiger partial charge >= 0.3 is 5.92 Å². The van der Waals surface area contributed by atoms with E-state index in [9.17, 15) is 13.7 Å². The van der Waals surface area contributed by atoms with Crippen molar-refractivity contribution >= 4 is 5.71 Å². The lowest BCUT2D eigenvalue weighted by molar-refractivity contribution is -0.00341. The standard InChI is InChI=1S/C24H20F4N2O2/c1-4-17(5-6-18-7-9-19(15-31)10-8-18)14-29-16(2)24(27,28)23(3,30-32)21-12-11-20(25)13-22(21)26/h4,7-14,31H,1,15H2,2-3H3/b17-14+,29-16+. The minimum Gasteiger partial charge on any atom is -0.392 e. The molecule has 1 atom stereocenters. The van der Waals surface area contributed by atoms with Crippen molar-refractivity contribution in [2.75, 3.05) is 0 Å². The summed E-state index contributed by atoms with van der Waals surface area (Å²) in [6.07, 6.45) is 2.35. The number of halogens is 4. The van der Waals surface area contributed by atoms with Crippen LogP contribution < -0.4 is 0 Å². The van der Waals surface area contributed by atoms with Crippen molar-refractivity contribution < 1.29 is 22.7 Å². The molecule has 2 rings (SSSR count). The van der Waals surface area contributed by atoms with Gasteiger partial charge in [0.15, 0.2) is 5.54 Å². The van der Waals surface area contributed by atoms with Crippen molar-refractivity contribution in [3.63, 3.8) is 0 Å². The molecule has 0 aliphatic rings. The molecule has 0 spiro atoms. The van der Waals surface area contributed by atoms with Crippen molar-refractivity contribution in [3.8, 4) is 11.8 Å². The van der Waals surface area contributed by atoms with E-state index in [1.807, 2.05) is 0 Å². The Labute approximate surface area is 183 Å². The van der Waals surface area contributed by atoms with Gasteiger partial charge in [-0.25, -0.2) is 8.78 Å². The highest BCUT2D eigenvalue weighted by Crippen LogP contribution is 2.43. The van der Waals surface area contributed by atoms with Crippen molar-refractivity contribution in [1.82, 2.24) is 0 Å². The maximum absolute atomic E-state index is 15.1. The van der Waals surface area contributed by atoms with Crippen LogP contribution in [0.2, 0.25) is 0 Å². The van der Waals surface area contributed by atoms with Crippen LogP contribution in [0.4, 0.5) is 17.6 Å². The molecule has 0 heterocycles. The van der Waals surface area contributed by atoms with Crippen molar-refractivity contribution in [1.29, 1.82) is 0 Å². The molecule has 32 heavy (non-hydrogen) atoms. The highest BCUT2D eigenvalue weighted by Gasteiger charge is 2.56. The average molecular weight is 444 g/mol. The van der Waals surface area contributed by atoms with Crippen LogP contribution in [0.5, 0.6) is 0 Å². The quantitative estimate of drug-likeness (QED) is 0.197. The fourth-order valence-electron chi connectivity index (χ4n) is 2.73. The van der Waals surface area contributed by atoms with Gasteiger partial charge in [0.05, 0.1) is 12.3 Å². The van der Waals surface area contributed by atoms with Crippen LogP contribution >= 0.6 is 0 Å².